The zero-order valence-electron chi connectivity index (χ0n) is 21.6. The topological polar surface area (TPSA) is 143 Å². The van der Waals surface area contributed by atoms with E-state index < -0.39 is 21.4 Å². The SMILES string of the molecule is C=C(/C=C(\C=C/C)S(N)(=O)=O)C(=O)OCC(C)(C)Cn1nc(CC)c2c1CCCOCCCNC2=O. The summed E-state index contributed by atoms with van der Waals surface area (Å²) in [5.41, 5.74) is 1.50. The van der Waals surface area contributed by atoms with Gasteiger partial charge < -0.3 is 14.8 Å². The molecule has 11 heteroatoms. The number of ether oxygens (including phenoxy) is 2. The Morgan fingerprint density at radius 1 is 1.33 bits per heavy atom. The number of aromatic nitrogens is 2. The zero-order chi connectivity index (χ0) is 26.9. The first-order valence-electron chi connectivity index (χ1n) is 12.1. The van der Waals surface area contributed by atoms with Crippen molar-refractivity contribution in [2.75, 3.05) is 26.4 Å². The Bertz CT molecular complexity index is 1130. The summed E-state index contributed by atoms with van der Waals surface area (Å²) in [6.07, 6.45) is 6.62. The lowest BCUT2D eigenvalue weighted by Crippen LogP contribution is -2.29. The second-order valence-electron chi connectivity index (χ2n) is 9.46. The molecule has 10 nitrogen and oxygen atoms in total. The number of rotatable bonds is 9. The van der Waals surface area contributed by atoms with Gasteiger partial charge in [0.2, 0.25) is 10.0 Å². The standard InChI is InChI=1S/C25H38N4O6S/c1-6-10-19(36(26,32)33)15-18(3)24(31)35-17-25(4,5)16-29-21-11-8-13-34-14-9-12-27-23(30)22(21)20(7-2)28-29/h6,10,15H,3,7-9,11-14,16-17H2,1-2,4-5H3,(H,27,30)(H2,26,32,33)/b10-6-,19-15+. The number of carbonyl (C=O) groups is 2. The zero-order valence-corrected chi connectivity index (χ0v) is 22.4. The molecule has 2 heterocycles. The van der Waals surface area contributed by atoms with Gasteiger partial charge in [-0.05, 0) is 44.8 Å². The number of nitrogens with zero attached hydrogens (tertiary/aromatic N) is 2. The third kappa shape index (κ3) is 8.42. The van der Waals surface area contributed by atoms with Gasteiger partial charge in [-0.3, -0.25) is 9.48 Å². The van der Waals surface area contributed by atoms with Crippen molar-refractivity contribution < 1.29 is 27.5 Å². The van der Waals surface area contributed by atoms with Gasteiger partial charge in [0.15, 0.2) is 0 Å². The highest BCUT2D eigenvalue weighted by Crippen LogP contribution is 2.25. The number of hydrogen-bond acceptors (Lipinski definition) is 7. The van der Waals surface area contributed by atoms with Crippen LogP contribution in [-0.4, -0.2) is 56.4 Å². The van der Waals surface area contributed by atoms with Gasteiger partial charge in [0.05, 0.1) is 34.0 Å². The summed E-state index contributed by atoms with van der Waals surface area (Å²) in [4.78, 5) is 25.2. The molecule has 2 rings (SSSR count). The van der Waals surface area contributed by atoms with Crippen molar-refractivity contribution in [2.45, 2.75) is 59.9 Å². The van der Waals surface area contributed by atoms with Crippen LogP contribution >= 0.6 is 0 Å². The van der Waals surface area contributed by atoms with E-state index in [1.54, 1.807) is 6.92 Å². The number of sulfonamides is 1. The number of amides is 1. The molecule has 0 saturated carbocycles. The molecule has 0 radical (unpaired) electrons. The Kier molecular flexibility index (Phi) is 10.6. The van der Waals surface area contributed by atoms with E-state index in [-0.39, 0.29) is 23.0 Å². The van der Waals surface area contributed by atoms with Gasteiger partial charge in [0.25, 0.3) is 5.91 Å². The van der Waals surface area contributed by atoms with Crippen LogP contribution in [0.2, 0.25) is 0 Å². The molecule has 1 aliphatic rings. The number of fused-ring (bicyclic) bond motifs is 1. The molecule has 1 aliphatic heterocycles. The predicted octanol–water partition coefficient (Wildman–Crippen LogP) is 2.40. The highest BCUT2D eigenvalue weighted by atomic mass is 32.2. The summed E-state index contributed by atoms with van der Waals surface area (Å²) in [6, 6.07) is 0. The molecule has 0 saturated heterocycles. The molecule has 200 valence electrons. The van der Waals surface area contributed by atoms with Crippen LogP contribution in [-0.2, 0) is 43.7 Å². The Balaban J connectivity index is 2.20. The van der Waals surface area contributed by atoms with Crippen molar-refractivity contribution in [2.24, 2.45) is 10.6 Å². The van der Waals surface area contributed by atoms with Crippen molar-refractivity contribution in [3.63, 3.8) is 0 Å². The number of primary sulfonamides is 1. The lowest BCUT2D eigenvalue weighted by Gasteiger charge is -2.25. The Hall–Kier alpha value is -2.76. The van der Waals surface area contributed by atoms with Gasteiger partial charge in [-0.1, -0.05) is 33.4 Å². The van der Waals surface area contributed by atoms with Crippen LogP contribution in [0.3, 0.4) is 0 Å². The first kappa shape index (κ1) is 29.5. The normalized spacial score (nSPS) is 16.2. The van der Waals surface area contributed by atoms with Crippen LogP contribution in [0.15, 0.2) is 35.3 Å². The molecule has 1 amide bonds. The van der Waals surface area contributed by atoms with Gasteiger partial charge in [0, 0.05) is 31.7 Å². The minimum absolute atomic E-state index is 0.0262. The maximum Gasteiger partial charge on any atom is 0.337 e. The predicted molar refractivity (Wildman–Crippen MR) is 138 cm³/mol. The third-order valence-electron chi connectivity index (χ3n) is 5.56. The molecule has 0 aromatic carbocycles. The minimum Gasteiger partial charge on any atom is -0.461 e. The highest BCUT2D eigenvalue weighted by Gasteiger charge is 2.28. The van der Waals surface area contributed by atoms with Crippen molar-refractivity contribution in [1.82, 2.24) is 15.1 Å². The first-order valence-corrected chi connectivity index (χ1v) is 13.6. The summed E-state index contributed by atoms with van der Waals surface area (Å²) in [6.45, 7) is 13.2. The second kappa shape index (κ2) is 13.0. The summed E-state index contributed by atoms with van der Waals surface area (Å²) < 4.78 is 36.3. The number of allylic oxidation sites excluding steroid dienone is 2. The fourth-order valence-electron chi connectivity index (χ4n) is 3.78. The summed E-state index contributed by atoms with van der Waals surface area (Å²) >= 11 is 0. The van der Waals surface area contributed by atoms with Crippen LogP contribution in [0, 0.1) is 5.41 Å². The van der Waals surface area contributed by atoms with Crippen molar-refractivity contribution >= 4 is 21.9 Å². The fourth-order valence-corrected chi connectivity index (χ4v) is 4.41. The molecular weight excluding hydrogens is 484 g/mol. The van der Waals surface area contributed by atoms with E-state index in [0.717, 1.165) is 30.3 Å². The smallest absolute Gasteiger partial charge is 0.337 e. The molecule has 0 unspecified atom stereocenters. The van der Waals surface area contributed by atoms with Crippen LogP contribution in [0.5, 0.6) is 0 Å². The molecule has 0 aliphatic carbocycles. The highest BCUT2D eigenvalue weighted by molar-refractivity contribution is 7.93. The molecule has 36 heavy (non-hydrogen) atoms. The van der Waals surface area contributed by atoms with Gasteiger partial charge in [-0.2, -0.15) is 5.10 Å². The monoisotopic (exact) mass is 522 g/mol. The van der Waals surface area contributed by atoms with E-state index in [4.69, 9.17) is 19.7 Å². The summed E-state index contributed by atoms with van der Waals surface area (Å²) in [5.74, 6) is -0.881. The maximum atomic E-state index is 12.9. The molecule has 1 aromatic heterocycles. The van der Waals surface area contributed by atoms with Gasteiger partial charge in [0.1, 0.15) is 0 Å². The first-order chi connectivity index (χ1) is 16.9. The molecular formula is C25H38N4O6S. The minimum atomic E-state index is -4.01. The van der Waals surface area contributed by atoms with Crippen molar-refractivity contribution in [3.8, 4) is 0 Å². The van der Waals surface area contributed by atoms with E-state index in [1.165, 1.54) is 12.2 Å². The molecule has 0 atom stereocenters. The van der Waals surface area contributed by atoms with Gasteiger partial charge in [-0.15, -0.1) is 0 Å². The summed E-state index contributed by atoms with van der Waals surface area (Å²) in [7, 11) is -4.01. The molecule has 0 fully saturated rings. The number of nitrogens with two attached hydrogens (primary N) is 1. The number of nitrogens with one attached hydrogen (secondary N) is 1. The molecule has 0 spiro atoms. The number of carbonyl (C=O) groups excluding carboxylic acids is 2. The van der Waals surface area contributed by atoms with Crippen molar-refractivity contribution in [3.05, 3.63) is 52.2 Å². The van der Waals surface area contributed by atoms with Crippen LogP contribution in [0.1, 0.15) is 62.3 Å². The number of hydrogen-bond donors (Lipinski definition) is 2. The molecule has 3 N–H and O–H groups in total. The van der Waals surface area contributed by atoms with E-state index in [2.05, 4.69) is 11.9 Å². The maximum absolute atomic E-state index is 12.9. The van der Waals surface area contributed by atoms with Crippen LogP contribution in [0.25, 0.3) is 0 Å². The Morgan fingerprint density at radius 3 is 2.67 bits per heavy atom. The third-order valence-corrected chi connectivity index (χ3v) is 6.47. The molecule has 0 bridgehead atoms. The molecule has 1 aromatic rings. The quantitative estimate of drug-likeness (QED) is 0.288. The number of esters is 1. The van der Waals surface area contributed by atoms with Crippen LogP contribution in [0.4, 0.5) is 0 Å². The van der Waals surface area contributed by atoms with Gasteiger partial charge >= 0.3 is 5.97 Å². The van der Waals surface area contributed by atoms with E-state index in [0.29, 0.717) is 44.7 Å². The average Bonchev–Trinajstić information content (AvgIpc) is 3.12. The lowest BCUT2D eigenvalue weighted by atomic mass is 9.94. The lowest BCUT2D eigenvalue weighted by molar-refractivity contribution is -0.141. The van der Waals surface area contributed by atoms with Crippen LogP contribution < -0.4 is 10.5 Å². The second-order valence-corrected chi connectivity index (χ2v) is 11.0. The summed E-state index contributed by atoms with van der Waals surface area (Å²) in [5, 5.41) is 12.9. The van der Waals surface area contributed by atoms with E-state index in [9.17, 15) is 18.0 Å². The fraction of sp³-hybridized carbons (Fsp3) is 0.560. The van der Waals surface area contributed by atoms with Crippen molar-refractivity contribution in [1.29, 1.82) is 0 Å². The van der Waals surface area contributed by atoms with E-state index >= 15 is 0 Å². The Morgan fingerprint density at radius 2 is 2.03 bits per heavy atom. The van der Waals surface area contributed by atoms with E-state index in [1.807, 2.05) is 25.5 Å². The average molecular weight is 523 g/mol. The number of aryl methyl sites for hydroxylation is 1. The van der Waals surface area contributed by atoms with Gasteiger partial charge in [-0.25, -0.2) is 18.4 Å². The largest absolute Gasteiger partial charge is 0.461 e. The Labute approximate surface area is 213 Å².